The molecule has 2 aromatic carbocycles. The number of carbonyl (C=O) groups is 2. The number of aromatic amines is 1. The summed E-state index contributed by atoms with van der Waals surface area (Å²) < 4.78 is 0. The van der Waals surface area contributed by atoms with Gasteiger partial charge in [0.15, 0.2) is 0 Å². The molecule has 0 saturated carbocycles. The molecule has 0 aliphatic heterocycles. The highest BCUT2D eigenvalue weighted by molar-refractivity contribution is 6.04. The van der Waals surface area contributed by atoms with Crippen LogP contribution in [0.4, 0.5) is 4.79 Å². The fourth-order valence-electron chi connectivity index (χ4n) is 3.44. The van der Waals surface area contributed by atoms with Gasteiger partial charge in [-0.1, -0.05) is 57.0 Å². The third kappa shape index (κ3) is 6.68. The zero-order chi connectivity index (χ0) is 22.6. The minimum atomic E-state index is -0.383. The standard InChI is InChI=1S/C21H27N5O3.C2H6/c1-2-22-21(28)24-17(10-4-3-5-11-18(27)26-29)20-23-16-13-12-14-8-6-7-9-15(14)19(16)25-20;1-2/h6-9,12-13,17,29H,2-5,10-11H2,1H3,(H,23,25)(H,26,27)(H2,22,24,28);1-2H3. The fourth-order valence-corrected chi connectivity index (χ4v) is 3.44. The van der Waals surface area contributed by atoms with Crippen molar-refractivity contribution in [2.24, 2.45) is 0 Å². The lowest BCUT2D eigenvalue weighted by molar-refractivity contribution is -0.129. The number of hydrogen-bond donors (Lipinski definition) is 5. The first-order valence-electron chi connectivity index (χ1n) is 11.0. The Morgan fingerprint density at radius 1 is 1.10 bits per heavy atom. The van der Waals surface area contributed by atoms with Crippen molar-refractivity contribution in [2.75, 3.05) is 6.54 Å². The highest BCUT2D eigenvalue weighted by Crippen LogP contribution is 2.26. The van der Waals surface area contributed by atoms with Crippen LogP contribution in [0.25, 0.3) is 21.8 Å². The molecule has 8 heteroatoms. The van der Waals surface area contributed by atoms with Crippen LogP contribution in [0.15, 0.2) is 36.4 Å². The second-order valence-corrected chi connectivity index (χ2v) is 7.00. The topological polar surface area (TPSA) is 119 Å². The van der Waals surface area contributed by atoms with Gasteiger partial charge in [-0.05, 0) is 31.2 Å². The molecule has 0 spiro atoms. The van der Waals surface area contributed by atoms with Crippen molar-refractivity contribution in [3.8, 4) is 0 Å². The van der Waals surface area contributed by atoms with E-state index in [1.807, 2.05) is 45.0 Å². The van der Waals surface area contributed by atoms with E-state index in [-0.39, 0.29) is 24.4 Å². The van der Waals surface area contributed by atoms with Gasteiger partial charge >= 0.3 is 6.03 Å². The predicted molar refractivity (Wildman–Crippen MR) is 123 cm³/mol. The van der Waals surface area contributed by atoms with Gasteiger partial charge in [0.1, 0.15) is 5.82 Å². The molecule has 0 radical (unpaired) electrons. The lowest BCUT2D eigenvalue weighted by Crippen LogP contribution is -2.38. The summed E-state index contributed by atoms with van der Waals surface area (Å²) in [5.41, 5.74) is 3.46. The molecule has 168 valence electrons. The molecular formula is C23H33N5O3. The average molecular weight is 428 g/mol. The molecule has 1 atom stereocenters. The van der Waals surface area contributed by atoms with E-state index in [0.717, 1.165) is 40.5 Å². The number of unbranched alkanes of at least 4 members (excludes halogenated alkanes) is 2. The molecule has 1 unspecified atom stereocenters. The number of fused-ring (bicyclic) bond motifs is 3. The van der Waals surface area contributed by atoms with Crippen molar-refractivity contribution in [1.29, 1.82) is 0 Å². The summed E-state index contributed by atoms with van der Waals surface area (Å²) in [6.45, 7) is 6.41. The summed E-state index contributed by atoms with van der Waals surface area (Å²) in [5, 5.41) is 16.5. The van der Waals surface area contributed by atoms with Gasteiger partial charge in [0.05, 0.1) is 17.1 Å². The lowest BCUT2D eigenvalue weighted by Gasteiger charge is -2.17. The highest BCUT2D eigenvalue weighted by atomic mass is 16.5. The van der Waals surface area contributed by atoms with Crippen molar-refractivity contribution in [3.05, 3.63) is 42.2 Å². The number of hydrogen-bond acceptors (Lipinski definition) is 4. The van der Waals surface area contributed by atoms with E-state index in [9.17, 15) is 9.59 Å². The summed E-state index contributed by atoms with van der Waals surface area (Å²) in [7, 11) is 0. The number of imidazole rings is 1. The summed E-state index contributed by atoms with van der Waals surface area (Å²) in [6.07, 6.45) is 3.26. The van der Waals surface area contributed by atoms with E-state index in [4.69, 9.17) is 10.2 Å². The number of nitrogens with zero attached hydrogens (tertiary/aromatic N) is 1. The van der Waals surface area contributed by atoms with Crippen LogP contribution in [0.5, 0.6) is 0 Å². The molecule has 3 amide bonds. The molecule has 5 N–H and O–H groups in total. The molecule has 1 heterocycles. The van der Waals surface area contributed by atoms with Crippen LogP contribution in [0.2, 0.25) is 0 Å². The van der Waals surface area contributed by atoms with E-state index in [0.29, 0.717) is 19.4 Å². The lowest BCUT2D eigenvalue weighted by atomic mass is 10.1. The van der Waals surface area contributed by atoms with E-state index < -0.39 is 0 Å². The largest absolute Gasteiger partial charge is 0.340 e. The molecule has 0 bridgehead atoms. The Morgan fingerprint density at radius 2 is 1.87 bits per heavy atom. The van der Waals surface area contributed by atoms with Gasteiger partial charge in [0, 0.05) is 18.4 Å². The predicted octanol–water partition coefficient (Wildman–Crippen LogP) is 4.56. The molecule has 0 fully saturated rings. The maximum Gasteiger partial charge on any atom is 0.315 e. The van der Waals surface area contributed by atoms with Crippen LogP contribution in [-0.4, -0.2) is 33.7 Å². The summed E-state index contributed by atoms with van der Waals surface area (Å²) >= 11 is 0. The van der Waals surface area contributed by atoms with Crippen molar-refractivity contribution in [1.82, 2.24) is 26.1 Å². The summed E-state index contributed by atoms with van der Waals surface area (Å²) in [6, 6.07) is 11.6. The van der Waals surface area contributed by atoms with Crippen LogP contribution in [0.1, 0.15) is 64.7 Å². The average Bonchev–Trinajstić information content (AvgIpc) is 3.24. The maximum absolute atomic E-state index is 12.1. The van der Waals surface area contributed by atoms with Crippen molar-refractivity contribution < 1.29 is 14.8 Å². The van der Waals surface area contributed by atoms with Crippen LogP contribution in [0, 0.1) is 0 Å². The molecule has 0 aliphatic rings. The second kappa shape index (κ2) is 12.5. The molecule has 31 heavy (non-hydrogen) atoms. The van der Waals surface area contributed by atoms with Gasteiger partial charge in [-0.3, -0.25) is 10.0 Å². The molecule has 3 rings (SSSR count). The number of hydroxylamine groups is 1. The number of amides is 3. The SMILES string of the molecule is CC.CCNC(=O)NC(CCCCCC(=O)NO)c1nc2c(ccc3ccccc32)[nH]1. The Labute approximate surface area is 182 Å². The molecule has 1 aromatic heterocycles. The third-order valence-electron chi connectivity index (χ3n) is 4.89. The smallest absolute Gasteiger partial charge is 0.315 e. The van der Waals surface area contributed by atoms with Crippen LogP contribution in [-0.2, 0) is 4.79 Å². The summed E-state index contributed by atoms with van der Waals surface area (Å²) in [5.74, 6) is 0.335. The Kier molecular flexibility index (Phi) is 9.77. The first-order valence-corrected chi connectivity index (χ1v) is 11.0. The van der Waals surface area contributed by atoms with E-state index in [1.165, 1.54) is 0 Å². The van der Waals surface area contributed by atoms with E-state index >= 15 is 0 Å². The first-order chi connectivity index (χ1) is 15.1. The second-order valence-electron chi connectivity index (χ2n) is 7.00. The summed E-state index contributed by atoms with van der Waals surface area (Å²) in [4.78, 5) is 31.4. The Morgan fingerprint density at radius 3 is 2.61 bits per heavy atom. The Hall–Kier alpha value is -3.13. The van der Waals surface area contributed by atoms with Gasteiger partial charge in [-0.15, -0.1) is 0 Å². The third-order valence-corrected chi connectivity index (χ3v) is 4.89. The number of rotatable bonds is 9. The number of nitrogens with one attached hydrogen (secondary N) is 4. The molecule has 0 saturated heterocycles. The van der Waals surface area contributed by atoms with Crippen LogP contribution < -0.4 is 16.1 Å². The van der Waals surface area contributed by atoms with Gasteiger partial charge in [0.2, 0.25) is 5.91 Å². The monoisotopic (exact) mass is 427 g/mol. The minimum Gasteiger partial charge on any atom is -0.340 e. The van der Waals surface area contributed by atoms with E-state index in [1.54, 1.807) is 5.48 Å². The van der Waals surface area contributed by atoms with Crippen molar-refractivity contribution in [3.63, 3.8) is 0 Å². The number of benzene rings is 2. The molecule has 3 aromatic rings. The normalized spacial score (nSPS) is 11.5. The van der Waals surface area contributed by atoms with Crippen LogP contribution >= 0.6 is 0 Å². The number of carbonyl (C=O) groups excluding carboxylic acids is 2. The minimum absolute atomic E-state index is 0.234. The van der Waals surface area contributed by atoms with Crippen molar-refractivity contribution >= 4 is 33.7 Å². The van der Waals surface area contributed by atoms with Gasteiger partial charge in [-0.25, -0.2) is 15.3 Å². The van der Waals surface area contributed by atoms with Gasteiger partial charge in [0.25, 0.3) is 0 Å². The quantitative estimate of drug-likeness (QED) is 0.195. The Bertz CT molecular complexity index is 986. The zero-order valence-corrected chi connectivity index (χ0v) is 18.5. The highest BCUT2D eigenvalue weighted by Gasteiger charge is 2.19. The zero-order valence-electron chi connectivity index (χ0n) is 18.5. The molecule has 8 nitrogen and oxygen atoms in total. The van der Waals surface area contributed by atoms with Gasteiger partial charge in [-0.2, -0.15) is 0 Å². The van der Waals surface area contributed by atoms with Gasteiger partial charge < -0.3 is 15.6 Å². The fraction of sp³-hybridized carbons (Fsp3) is 0.435. The first kappa shape index (κ1) is 24.1. The maximum atomic E-state index is 12.1. The number of H-pyrrole nitrogens is 1. The Balaban J connectivity index is 0.00000166. The van der Waals surface area contributed by atoms with Crippen molar-refractivity contribution in [2.45, 2.75) is 58.9 Å². The molecular weight excluding hydrogens is 394 g/mol. The number of aromatic nitrogens is 2. The number of urea groups is 1. The van der Waals surface area contributed by atoms with Crippen LogP contribution in [0.3, 0.4) is 0 Å². The molecule has 0 aliphatic carbocycles. The van der Waals surface area contributed by atoms with E-state index in [2.05, 4.69) is 27.8 Å².